The van der Waals surface area contributed by atoms with Gasteiger partial charge in [0.25, 0.3) is 0 Å². The van der Waals surface area contributed by atoms with E-state index in [2.05, 4.69) is 26.6 Å². The summed E-state index contributed by atoms with van der Waals surface area (Å²) < 4.78 is 40.3. The SMILES string of the molecule is O=C(CNc1c(F)cc(F)cc1F)Nc1ccc(Br)cc1. The largest absolute Gasteiger partial charge is 0.371 e. The van der Waals surface area contributed by atoms with Crippen molar-refractivity contribution < 1.29 is 18.0 Å². The molecule has 0 radical (unpaired) electrons. The van der Waals surface area contributed by atoms with Crippen molar-refractivity contribution in [1.82, 2.24) is 0 Å². The Morgan fingerprint density at radius 2 is 1.62 bits per heavy atom. The molecule has 2 aromatic carbocycles. The van der Waals surface area contributed by atoms with E-state index in [1.165, 1.54) is 0 Å². The van der Waals surface area contributed by atoms with Crippen molar-refractivity contribution in [3.05, 3.63) is 58.3 Å². The maximum atomic E-state index is 13.4. The minimum atomic E-state index is -1.09. The minimum Gasteiger partial charge on any atom is -0.371 e. The van der Waals surface area contributed by atoms with Gasteiger partial charge in [0.2, 0.25) is 5.91 Å². The number of hydrogen-bond donors (Lipinski definition) is 2. The number of carbonyl (C=O) groups excluding carboxylic acids is 1. The van der Waals surface area contributed by atoms with E-state index in [1.54, 1.807) is 24.3 Å². The lowest BCUT2D eigenvalue weighted by atomic mass is 10.2. The highest BCUT2D eigenvalue weighted by Gasteiger charge is 2.12. The van der Waals surface area contributed by atoms with Gasteiger partial charge in [0.15, 0.2) is 11.6 Å². The number of benzene rings is 2. The third kappa shape index (κ3) is 4.22. The van der Waals surface area contributed by atoms with Crippen molar-refractivity contribution in [2.24, 2.45) is 0 Å². The van der Waals surface area contributed by atoms with E-state index in [0.29, 0.717) is 17.8 Å². The monoisotopic (exact) mass is 358 g/mol. The quantitative estimate of drug-likeness (QED) is 0.869. The molecule has 2 rings (SSSR count). The Labute approximate surface area is 127 Å². The van der Waals surface area contributed by atoms with E-state index in [4.69, 9.17) is 0 Å². The average molecular weight is 359 g/mol. The number of carbonyl (C=O) groups is 1. The number of anilines is 2. The molecule has 3 nitrogen and oxygen atoms in total. The molecule has 0 unspecified atom stereocenters. The Balaban J connectivity index is 1.97. The van der Waals surface area contributed by atoms with E-state index >= 15 is 0 Å². The fourth-order valence-corrected chi connectivity index (χ4v) is 1.88. The minimum absolute atomic E-state index is 0.352. The number of nitrogens with one attached hydrogen (secondary N) is 2. The summed E-state index contributed by atoms with van der Waals surface area (Å²) in [6, 6.07) is 7.89. The first-order chi connectivity index (χ1) is 9.95. The second-order valence-corrected chi connectivity index (χ2v) is 5.07. The van der Waals surface area contributed by atoms with E-state index in [0.717, 1.165) is 4.47 Å². The van der Waals surface area contributed by atoms with Gasteiger partial charge in [0, 0.05) is 22.3 Å². The molecule has 1 amide bonds. The van der Waals surface area contributed by atoms with Gasteiger partial charge in [-0.15, -0.1) is 0 Å². The van der Waals surface area contributed by atoms with Crippen LogP contribution in [0.2, 0.25) is 0 Å². The molecule has 7 heteroatoms. The van der Waals surface area contributed by atoms with Crippen molar-refractivity contribution in [3.8, 4) is 0 Å². The molecule has 0 spiro atoms. The third-order valence-electron chi connectivity index (χ3n) is 2.56. The van der Waals surface area contributed by atoms with Crippen molar-refractivity contribution in [1.29, 1.82) is 0 Å². The lowest BCUT2D eigenvalue weighted by Crippen LogP contribution is -2.22. The zero-order valence-electron chi connectivity index (χ0n) is 10.6. The van der Waals surface area contributed by atoms with Crippen molar-refractivity contribution in [2.45, 2.75) is 0 Å². The predicted molar refractivity (Wildman–Crippen MR) is 77.6 cm³/mol. The van der Waals surface area contributed by atoms with Crippen molar-refractivity contribution in [2.75, 3.05) is 17.2 Å². The number of halogens is 4. The van der Waals surface area contributed by atoms with Crippen LogP contribution in [-0.2, 0) is 4.79 Å². The van der Waals surface area contributed by atoms with Crippen LogP contribution in [0.3, 0.4) is 0 Å². The number of hydrogen-bond acceptors (Lipinski definition) is 2. The molecule has 0 heterocycles. The van der Waals surface area contributed by atoms with Crippen LogP contribution < -0.4 is 10.6 Å². The van der Waals surface area contributed by atoms with Gasteiger partial charge < -0.3 is 10.6 Å². The second kappa shape index (κ2) is 6.62. The topological polar surface area (TPSA) is 41.1 Å². The molecule has 0 saturated heterocycles. The fraction of sp³-hybridized carbons (Fsp3) is 0.0714. The second-order valence-electron chi connectivity index (χ2n) is 4.15. The first kappa shape index (κ1) is 15.4. The first-order valence-corrected chi connectivity index (χ1v) is 6.69. The lowest BCUT2D eigenvalue weighted by Gasteiger charge is -2.09. The summed E-state index contributed by atoms with van der Waals surface area (Å²) >= 11 is 3.26. The van der Waals surface area contributed by atoms with Crippen LogP contribution in [0.15, 0.2) is 40.9 Å². The third-order valence-corrected chi connectivity index (χ3v) is 3.09. The standard InChI is InChI=1S/C14H10BrF3N2O/c15-8-1-3-10(4-2-8)20-13(21)7-19-14-11(17)5-9(16)6-12(14)18/h1-6,19H,7H2,(H,20,21). The Kier molecular flexibility index (Phi) is 4.85. The molecule has 0 saturated carbocycles. The molecule has 0 aromatic heterocycles. The number of amides is 1. The van der Waals surface area contributed by atoms with Crippen molar-refractivity contribution in [3.63, 3.8) is 0 Å². The van der Waals surface area contributed by atoms with E-state index in [1.807, 2.05) is 0 Å². The Morgan fingerprint density at radius 3 is 2.19 bits per heavy atom. The molecule has 0 aliphatic carbocycles. The highest BCUT2D eigenvalue weighted by atomic mass is 79.9. The molecule has 2 N–H and O–H groups in total. The summed E-state index contributed by atoms with van der Waals surface area (Å²) in [5.41, 5.74) is 0.00686. The van der Waals surface area contributed by atoms with Crippen LogP contribution in [0.1, 0.15) is 0 Å². The van der Waals surface area contributed by atoms with Crippen LogP contribution in [0.25, 0.3) is 0 Å². The molecular weight excluding hydrogens is 349 g/mol. The highest BCUT2D eigenvalue weighted by molar-refractivity contribution is 9.10. The van der Waals surface area contributed by atoms with E-state index in [9.17, 15) is 18.0 Å². The molecule has 21 heavy (non-hydrogen) atoms. The molecule has 0 aliphatic rings. The van der Waals surface area contributed by atoms with Gasteiger partial charge in [-0.3, -0.25) is 4.79 Å². The molecule has 0 bridgehead atoms. The molecule has 110 valence electrons. The molecule has 0 aliphatic heterocycles. The molecule has 2 aromatic rings. The lowest BCUT2D eigenvalue weighted by molar-refractivity contribution is -0.114. The molecule has 0 fully saturated rings. The van der Waals surface area contributed by atoms with Crippen LogP contribution in [-0.4, -0.2) is 12.5 Å². The van der Waals surface area contributed by atoms with Gasteiger partial charge in [0.1, 0.15) is 11.5 Å². The van der Waals surface area contributed by atoms with E-state index in [-0.39, 0.29) is 6.54 Å². The van der Waals surface area contributed by atoms with Crippen molar-refractivity contribution >= 4 is 33.2 Å². The van der Waals surface area contributed by atoms with E-state index < -0.39 is 29.0 Å². The maximum absolute atomic E-state index is 13.4. The zero-order valence-corrected chi connectivity index (χ0v) is 12.2. The van der Waals surface area contributed by atoms with Gasteiger partial charge in [-0.1, -0.05) is 15.9 Å². The summed E-state index contributed by atoms with van der Waals surface area (Å²) in [7, 11) is 0. The fourth-order valence-electron chi connectivity index (χ4n) is 1.62. The van der Waals surface area contributed by atoms with Gasteiger partial charge in [-0.05, 0) is 24.3 Å². The Morgan fingerprint density at radius 1 is 1.05 bits per heavy atom. The summed E-state index contributed by atoms with van der Waals surface area (Å²) in [5.74, 6) is -3.69. The Hall–Kier alpha value is -2.02. The Bertz CT molecular complexity index is 639. The predicted octanol–water partition coefficient (Wildman–Crippen LogP) is 3.92. The summed E-state index contributed by atoms with van der Waals surface area (Å²) in [6.45, 7) is -0.352. The van der Waals surface area contributed by atoms with Crippen LogP contribution in [0, 0.1) is 17.5 Å². The summed E-state index contributed by atoms with van der Waals surface area (Å²) in [5, 5.41) is 4.85. The summed E-state index contributed by atoms with van der Waals surface area (Å²) in [4.78, 5) is 11.7. The van der Waals surface area contributed by atoms with Crippen LogP contribution >= 0.6 is 15.9 Å². The van der Waals surface area contributed by atoms with Crippen LogP contribution in [0.5, 0.6) is 0 Å². The average Bonchev–Trinajstić information content (AvgIpc) is 2.40. The summed E-state index contributed by atoms with van der Waals surface area (Å²) in [6.07, 6.45) is 0. The maximum Gasteiger partial charge on any atom is 0.243 e. The smallest absolute Gasteiger partial charge is 0.243 e. The molecule has 0 atom stereocenters. The first-order valence-electron chi connectivity index (χ1n) is 5.89. The highest BCUT2D eigenvalue weighted by Crippen LogP contribution is 2.20. The zero-order chi connectivity index (χ0) is 15.4. The van der Waals surface area contributed by atoms with Gasteiger partial charge >= 0.3 is 0 Å². The molecular formula is C14H10BrF3N2O. The normalized spacial score (nSPS) is 10.3. The number of rotatable bonds is 4. The van der Waals surface area contributed by atoms with Gasteiger partial charge in [-0.2, -0.15) is 0 Å². The van der Waals surface area contributed by atoms with Gasteiger partial charge in [0.05, 0.1) is 6.54 Å². The van der Waals surface area contributed by atoms with Gasteiger partial charge in [-0.25, -0.2) is 13.2 Å². The van der Waals surface area contributed by atoms with Crippen LogP contribution in [0.4, 0.5) is 24.5 Å².